The molecule has 2 N–H and O–H groups in total. The minimum absolute atomic E-state index is 0.310. The van der Waals surface area contributed by atoms with E-state index in [9.17, 15) is 25.7 Å². The maximum Gasteiger partial charge on any atom is 0.245 e. The van der Waals surface area contributed by atoms with Crippen LogP contribution in [0.25, 0.3) is 0 Å². The van der Waals surface area contributed by atoms with Crippen molar-refractivity contribution in [3.05, 3.63) is 35.9 Å². The molecule has 6 nitrogen and oxygen atoms in total. The van der Waals surface area contributed by atoms with E-state index in [2.05, 4.69) is 21.2 Å². The zero-order valence-electron chi connectivity index (χ0n) is 11.8. The Labute approximate surface area is 141 Å². The molecular formula is C16H11BrN4O2. The van der Waals surface area contributed by atoms with Gasteiger partial charge in [0.1, 0.15) is 0 Å². The molecule has 4 unspecified atom stereocenters. The van der Waals surface area contributed by atoms with Gasteiger partial charge in [-0.05, 0) is 5.56 Å². The summed E-state index contributed by atoms with van der Waals surface area (Å²) in [7, 11) is 0. The normalized spacial score (nSPS) is 37.1. The largest absolute Gasteiger partial charge is 0.370 e. The quantitative estimate of drug-likeness (QED) is 0.721. The first-order chi connectivity index (χ1) is 10.9. The topological polar surface area (TPSA) is 121 Å². The van der Waals surface area contributed by atoms with Gasteiger partial charge in [0.05, 0.1) is 23.0 Å². The summed E-state index contributed by atoms with van der Waals surface area (Å²) in [6.07, 6.45) is -0.310. The Bertz CT molecular complexity index is 792. The van der Waals surface area contributed by atoms with Crippen LogP contribution in [0.2, 0.25) is 0 Å². The maximum absolute atomic E-state index is 12.5. The number of hydrogen-bond donors (Lipinski definition) is 2. The number of aliphatic hydroxyl groups is 1. The van der Waals surface area contributed by atoms with Gasteiger partial charge in [-0.2, -0.15) is 15.8 Å². The van der Waals surface area contributed by atoms with Crippen molar-refractivity contribution >= 4 is 21.8 Å². The number of nitrogens with zero attached hydrogens (tertiary/aromatic N) is 3. The lowest BCUT2D eigenvalue weighted by Gasteiger charge is -2.47. The van der Waals surface area contributed by atoms with E-state index in [-0.39, 0.29) is 6.42 Å². The van der Waals surface area contributed by atoms with Gasteiger partial charge in [-0.1, -0.05) is 46.3 Å². The zero-order chi connectivity index (χ0) is 16.9. The van der Waals surface area contributed by atoms with Gasteiger partial charge in [0, 0.05) is 12.3 Å². The van der Waals surface area contributed by atoms with Gasteiger partial charge < -0.3 is 10.4 Å². The van der Waals surface area contributed by atoms with Crippen LogP contribution in [0.1, 0.15) is 17.9 Å². The maximum atomic E-state index is 12.5. The van der Waals surface area contributed by atoms with Gasteiger partial charge in [0.2, 0.25) is 5.91 Å². The number of carbonyl (C=O) groups excluding carboxylic acids is 1. The predicted molar refractivity (Wildman–Crippen MR) is 81.3 cm³/mol. The molecule has 0 radical (unpaired) electrons. The number of halogens is 1. The lowest BCUT2D eigenvalue weighted by atomic mass is 9.51. The van der Waals surface area contributed by atoms with E-state index in [1.54, 1.807) is 30.3 Å². The molecule has 0 aromatic heterocycles. The van der Waals surface area contributed by atoms with Crippen LogP contribution >= 0.6 is 15.9 Å². The summed E-state index contributed by atoms with van der Waals surface area (Å²) in [6, 6.07) is 14.4. The fourth-order valence-electron chi connectivity index (χ4n) is 3.69. The molecule has 1 aliphatic heterocycles. The molecule has 1 aromatic carbocycles. The molecule has 2 bridgehead atoms. The highest BCUT2D eigenvalue weighted by atomic mass is 79.9. The molecule has 2 aliphatic rings. The third-order valence-corrected chi connectivity index (χ3v) is 6.13. The van der Waals surface area contributed by atoms with Crippen molar-refractivity contribution < 1.29 is 9.90 Å². The van der Waals surface area contributed by atoms with Crippen molar-refractivity contribution in [3.8, 4) is 18.2 Å². The van der Waals surface area contributed by atoms with Crippen molar-refractivity contribution in [1.29, 1.82) is 15.8 Å². The lowest BCUT2D eigenvalue weighted by molar-refractivity contribution is -0.128. The van der Waals surface area contributed by atoms with Crippen molar-refractivity contribution in [3.63, 3.8) is 0 Å². The molecule has 1 aromatic rings. The molecule has 23 heavy (non-hydrogen) atoms. The first-order valence-electron chi connectivity index (χ1n) is 6.88. The Balaban J connectivity index is 2.35. The van der Waals surface area contributed by atoms with Gasteiger partial charge >= 0.3 is 0 Å². The molecule has 1 saturated carbocycles. The van der Waals surface area contributed by atoms with Crippen LogP contribution in [0, 0.1) is 44.8 Å². The van der Waals surface area contributed by atoms with E-state index in [0.717, 1.165) is 0 Å². The van der Waals surface area contributed by atoms with E-state index in [0.29, 0.717) is 5.56 Å². The molecule has 3 rings (SSSR count). The van der Waals surface area contributed by atoms with Gasteiger partial charge in [-0.15, -0.1) is 0 Å². The number of fused-ring (bicyclic) bond motifs is 2. The predicted octanol–water partition coefficient (Wildman–Crippen LogP) is 1.30. The van der Waals surface area contributed by atoms with Crippen LogP contribution < -0.4 is 5.32 Å². The Kier molecular flexibility index (Phi) is 3.23. The van der Waals surface area contributed by atoms with E-state index in [1.165, 1.54) is 0 Å². The Morgan fingerprint density at radius 1 is 1.17 bits per heavy atom. The fraction of sp³-hybridized carbons (Fsp3) is 0.375. The number of rotatable bonds is 1. The average Bonchev–Trinajstić information content (AvgIpc) is 2.82. The van der Waals surface area contributed by atoms with Crippen LogP contribution in [0.15, 0.2) is 30.3 Å². The number of nitrogens with one attached hydrogen (secondary N) is 1. The second-order valence-electron chi connectivity index (χ2n) is 5.89. The summed E-state index contributed by atoms with van der Waals surface area (Å²) in [6.45, 7) is 0. The van der Waals surface area contributed by atoms with Gasteiger partial charge in [-0.3, -0.25) is 4.79 Å². The monoisotopic (exact) mass is 370 g/mol. The highest BCUT2D eigenvalue weighted by molar-refractivity contribution is 9.09. The standard InChI is InChI=1S/C16H11BrN4O2/c17-12-11(10-4-2-1-3-5-10)15(8-19,9-20)14(7-18)6-16(12,23)21-13(14)22/h1-5,11-12,23H,6H2,(H,21,22). The zero-order valence-corrected chi connectivity index (χ0v) is 13.4. The number of amides is 1. The first kappa shape index (κ1) is 15.5. The molecule has 0 spiro atoms. The second kappa shape index (κ2) is 4.80. The summed E-state index contributed by atoms with van der Waals surface area (Å²) in [5.74, 6) is -1.63. The van der Waals surface area contributed by atoms with Gasteiger partial charge in [0.15, 0.2) is 16.6 Å². The van der Waals surface area contributed by atoms with Crippen LogP contribution in [-0.4, -0.2) is 21.6 Å². The van der Waals surface area contributed by atoms with Gasteiger partial charge in [-0.25, -0.2) is 0 Å². The van der Waals surface area contributed by atoms with Crippen LogP contribution in [0.4, 0.5) is 0 Å². The average molecular weight is 371 g/mol. The van der Waals surface area contributed by atoms with E-state index in [4.69, 9.17) is 0 Å². The van der Waals surface area contributed by atoms with E-state index < -0.39 is 33.2 Å². The van der Waals surface area contributed by atoms with Crippen molar-refractivity contribution in [2.45, 2.75) is 22.9 Å². The van der Waals surface area contributed by atoms with Crippen molar-refractivity contribution in [2.75, 3.05) is 0 Å². The first-order valence-corrected chi connectivity index (χ1v) is 7.80. The highest BCUT2D eigenvalue weighted by Gasteiger charge is 2.76. The third kappa shape index (κ3) is 1.65. The Hall–Kier alpha value is -2.40. The molecule has 4 atom stereocenters. The van der Waals surface area contributed by atoms with E-state index in [1.807, 2.05) is 18.2 Å². The van der Waals surface area contributed by atoms with Crippen LogP contribution in [0.3, 0.4) is 0 Å². The second-order valence-corrected chi connectivity index (χ2v) is 6.88. The molecule has 1 amide bonds. The number of nitriles is 3. The molecule has 114 valence electrons. The molecule has 7 heteroatoms. The van der Waals surface area contributed by atoms with Gasteiger partial charge in [0.25, 0.3) is 0 Å². The molecule has 2 fully saturated rings. The molecule has 1 saturated heterocycles. The smallest absolute Gasteiger partial charge is 0.245 e. The van der Waals surface area contributed by atoms with E-state index >= 15 is 0 Å². The SMILES string of the molecule is N#CC12CC(O)(NC1=O)C(Br)C(c1ccccc1)C2(C#N)C#N. The Morgan fingerprint density at radius 3 is 2.30 bits per heavy atom. The fourth-order valence-corrected chi connectivity index (χ4v) is 4.67. The molecule has 1 aliphatic carbocycles. The number of carbonyl (C=O) groups is 1. The minimum atomic E-state index is -1.92. The summed E-state index contributed by atoms with van der Waals surface area (Å²) < 4.78 is 0. The Morgan fingerprint density at radius 2 is 1.78 bits per heavy atom. The third-order valence-electron chi connectivity index (χ3n) is 4.84. The highest BCUT2D eigenvalue weighted by Crippen LogP contribution is 2.63. The van der Waals surface area contributed by atoms with Crippen molar-refractivity contribution in [1.82, 2.24) is 5.32 Å². The summed E-state index contributed by atoms with van der Waals surface area (Å²) in [4.78, 5) is 11.7. The molecular weight excluding hydrogens is 360 g/mol. The summed E-state index contributed by atoms with van der Waals surface area (Å²) >= 11 is 3.36. The van der Waals surface area contributed by atoms with Crippen LogP contribution in [-0.2, 0) is 4.79 Å². The summed E-state index contributed by atoms with van der Waals surface area (Å²) in [5, 5.41) is 42.4. The molecule has 1 heterocycles. The summed E-state index contributed by atoms with van der Waals surface area (Å²) in [5.41, 5.74) is -4.92. The number of alkyl halides is 1. The van der Waals surface area contributed by atoms with Crippen molar-refractivity contribution in [2.24, 2.45) is 10.8 Å². The number of hydrogen-bond acceptors (Lipinski definition) is 5. The van der Waals surface area contributed by atoms with Crippen LogP contribution in [0.5, 0.6) is 0 Å². The minimum Gasteiger partial charge on any atom is -0.370 e. The number of benzene rings is 1. The lowest BCUT2D eigenvalue weighted by Crippen LogP contribution is -2.58.